The molecule has 108 valence electrons. The van der Waals surface area contributed by atoms with Crippen LogP contribution in [0.5, 0.6) is 0 Å². The molecule has 0 saturated carbocycles. The van der Waals surface area contributed by atoms with Crippen molar-refractivity contribution in [2.75, 3.05) is 0 Å². The van der Waals surface area contributed by atoms with Crippen molar-refractivity contribution in [1.29, 1.82) is 0 Å². The normalized spacial score (nSPS) is 24.7. The molecule has 0 aromatic heterocycles. The minimum atomic E-state index is -0.909. The van der Waals surface area contributed by atoms with Crippen LogP contribution >= 0.6 is 0 Å². The Hall–Kier alpha value is -1.13. The zero-order valence-electron chi connectivity index (χ0n) is 11.5. The molecule has 3 N–H and O–H groups in total. The van der Waals surface area contributed by atoms with E-state index >= 15 is 0 Å². The second kappa shape index (κ2) is 8.12. The van der Waals surface area contributed by atoms with Gasteiger partial charge in [-0.1, -0.05) is 44.4 Å². The van der Waals surface area contributed by atoms with Gasteiger partial charge in [-0.3, -0.25) is 4.79 Å². The van der Waals surface area contributed by atoms with Crippen LogP contribution in [0.2, 0.25) is 0 Å². The molecule has 0 saturated heterocycles. The predicted octanol–water partition coefficient (Wildman–Crippen LogP) is 2.27. The summed E-state index contributed by atoms with van der Waals surface area (Å²) in [5.41, 5.74) is 0.824. The lowest BCUT2D eigenvalue weighted by Gasteiger charge is -2.15. The minimum Gasteiger partial charge on any atom is -0.481 e. The smallest absolute Gasteiger partial charge is 0.304 e. The summed E-state index contributed by atoms with van der Waals surface area (Å²) in [7, 11) is 0. The van der Waals surface area contributed by atoms with E-state index in [-0.39, 0.29) is 12.3 Å². The molecule has 0 bridgehead atoms. The molecule has 0 fully saturated rings. The fraction of sp³-hybridized carbons (Fsp3) is 0.667. The molecule has 1 rings (SSSR count). The van der Waals surface area contributed by atoms with E-state index in [4.69, 9.17) is 5.11 Å². The minimum absolute atomic E-state index is 0.0662. The maximum atomic E-state index is 10.7. The summed E-state index contributed by atoms with van der Waals surface area (Å²) in [5, 5.41) is 28.3. The van der Waals surface area contributed by atoms with Crippen LogP contribution in [0.3, 0.4) is 0 Å². The summed E-state index contributed by atoms with van der Waals surface area (Å²) in [5.74, 6) is -1.26. The van der Waals surface area contributed by atoms with Crippen molar-refractivity contribution in [1.82, 2.24) is 0 Å². The maximum absolute atomic E-state index is 10.7. The third-order valence-corrected chi connectivity index (χ3v) is 3.50. The molecule has 0 aliphatic heterocycles. The topological polar surface area (TPSA) is 77.8 Å². The van der Waals surface area contributed by atoms with Gasteiger partial charge in [0.2, 0.25) is 0 Å². The number of aliphatic hydroxyl groups excluding tert-OH is 2. The van der Waals surface area contributed by atoms with Crippen LogP contribution in [0.25, 0.3) is 0 Å². The quantitative estimate of drug-likeness (QED) is 0.590. The van der Waals surface area contributed by atoms with Crippen LogP contribution < -0.4 is 0 Å². The number of aliphatic carboxylic acids is 1. The highest BCUT2D eigenvalue weighted by Gasteiger charge is 2.28. The highest BCUT2D eigenvalue weighted by atomic mass is 16.4. The van der Waals surface area contributed by atoms with E-state index in [1.165, 1.54) is 0 Å². The van der Waals surface area contributed by atoms with Crippen molar-refractivity contribution in [2.45, 2.75) is 57.7 Å². The van der Waals surface area contributed by atoms with Crippen LogP contribution in [-0.2, 0) is 4.79 Å². The lowest BCUT2D eigenvalue weighted by atomic mass is 9.94. The summed E-state index contributed by atoms with van der Waals surface area (Å²) in [6.45, 7) is 2.11. The number of carboxylic acid groups (broad SMARTS) is 1. The van der Waals surface area contributed by atoms with Gasteiger partial charge in [-0.05, 0) is 18.4 Å². The van der Waals surface area contributed by atoms with Gasteiger partial charge >= 0.3 is 5.97 Å². The summed E-state index contributed by atoms with van der Waals surface area (Å²) < 4.78 is 0. The van der Waals surface area contributed by atoms with E-state index in [0.717, 1.165) is 31.3 Å². The van der Waals surface area contributed by atoms with Crippen molar-refractivity contribution in [2.24, 2.45) is 5.92 Å². The number of unbranched alkanes of at least 4 members (excludes halogenated alkanes) is 2. The fourth-order valence-electron chi connectivity index (χ4n) is 2.35. The van der Waals surface area contributed by atoms with Crippen LogP contribution in [-0.4, -0.2) is 33.5 Å². The molecule has 1 aliphatic carbocycles. The molecule has 3 atom stereocenters. The van der Waals surface area contributed by atoms with Gasteiger partial charge in [0.15, 0.2) is 0 Å². The number of carboxylic acids is 1. The van der Waals surface area contributed by atoms with E-state index < -0.39 is 18.2 Å². The van der Waals surface area contributed by atoms with Gasteiger partial charge in [0.25, 0.3) is 0 Å². The third kappa shape index (κ3) is 5.57. The molecule has 19 heavy (non-hydrogen) atoms. The zero-order valence-corrected chi connectivity index (χ0v) is 11.5. The van der Waals surface area contributed by atoms with Gasteiger partial charge < -0.3 is 15.3 Å². The van der Waals surface area contributed by atoms with Crippen LogP contribution in [0.4, 0.5) is 0 Å². The molecule has 4 heteroatoms. The van der Waals surface area contributed by atoms with E-state index in [0.29, 0.717) is 6.42 Å². The molecule has 0 aromatic carbocycles. The summed E-state index contributed by atoms with van der Waals surface area (Å²) in [4.78, 5) is 10.7. The first-order valence-corrected chi connectivity index (χ1v) is 7.00. The molecule has 0 unspecified atom stereocenters. The number of carbonyl (C=O) groups is 1. The molecule has 0 radical (unpaired) electrons. The Morgan fingerprint density at radius 1 is 1.53 bits per heavy atom. The van der Waals surface area contributed by atoms with Crippen molar-refractivity contribution in [3.05, 3.63) is 23.8 Å². The average Bonchev–Trinajstić information content (AvgIpc) is 2.68. The highest BCUT2D eigenvalue weighted by Crippen LogP contribution is 2.30. The highest BCUT2D eigenvalue weighted by molar-refractivity contribution is 5.68. The van der Waals surface area contributed by atoms with Gasteiger partial charge in [-0.15, -0.1) is 0 Å². The SMILES string of the molecule is CCCCC[C@@H](O)C=CC1=CC[C@@H](O)[C@@H]1CC(=O)O. The average molecular weight is 268 g/mol. The first-order valence-electron chi connectivity index (χ1n) is 7.00. The molecule has 4 nitrogen and oxygen atoms in total. The molecule has 0 aromatic rings. The monoisotopic (exact) mass is 268 g/mol. The van der Waals surface area contributed by atoms with Gasteiger partial charge in [-0.2, -0.15) is 0 Å². The number of rotatable bonds is 8. The van der Waals surface area contributed by atoms with E-state index in [1.807, 2.05) is 6.08 Å². The second-order valence-corrected chi connectivity index (χ2v) is 5.13. The van der Waals surface area contributed by atoms with Gasteiger partial charge in [0.1, 0.15) is 0 Å². The number of hydrogen-bond acceptors (Lipinski definition) is 3. The Bertz CT molecular complexity index is 346. The molecule has 0 amide bonds. The zero-order chi connectivity index (χ0) is 14.3. The first kappa shape index (κ1) is 15.9. The molecule has 0 spiro atoms. The van der Waals surface area contributed by atoms with E-state index in [2.05, 4.69) is 6.92 Å². The van der Waals surface area contributed by atoms with E-state index in [9.17, 15) is 15.0 Å². The Kier molecular flexibility index (Phi) is 6.81. The Balaban J connectivity index is 2.47. The van der Waals surface area contributed by atoms with Gasteiger partial charge in [-0.25, -0.2) is 0 Å². The Morgan fingerprint density at radius 2 is 2.26 bits per heavy atom. The second-order valence-electron chi connectivity index (χ2n) is 5.13. The largest absolute Gasteiger partial charge is 0.481 e. The van der Waals surface area contributed by atoms with Crippen molar-refractivity contribution < 1.29 is 20.1 Å². The fourth-order valence-corrected chi connectivity index (χ4v) is 2.35. The molecule has 1 aliphatic rings. The number of allylic oxidation sites excluding steroid dienone is 1. The van der Waals surface area contributed by atoms with Crippen molar-refractivity contribution in [3.63, 3.8) is 0 Å². The van der Waals surface area contributed by atoms with Crippen molar-refractivity contribution >= 4 is 5.97 Å². The Labute approximate surface area is 114 Å². The standard InChI is InChI=1S/C15H24O4/c1-2-3-4-5-12(16)8-6-11-7-9-14(17)13(11)10-15(18)19/h6-8,12-14,16-17H,2-5,9-10H2,1H3,(H,18,19)/t12-,13-,14-/m1/s1. The van der Waals surface area contributed by atoms with Gasteiger partial charge in [0, 0.05) is 5.92 Å². The lowest BCUT2D eigenvalue weighted by Crippen LogP contribution is -2.19. The lowest BCUT2D eigenvalue weighted by molar-refractivity contribution is -0.138. The van der Waals surface area contributed by atoms with Crippen LogP contribution in [0, 0.1) is 5.92 Å². The first-order chi connectivity index (χ1) is 9.04. The maximum Gasteiger partial charge on any atom is 0.304 e. The van der Waals surface area contributed by atoms with Crippen LogP contribution in [0.1, 0.15) is 45.4 Å². The number of hydrogen-bond donors (Lipinski definition) is 3. The summed E-state index contributed by atoms with van der Waals surface area (Å²) in [6, 6.07) is 0. The molecular weight excluding hydrogens is 244 g/mol. The van der Waals surface area contributed by atoms with Gasteiger partial charge in [0.05, 0.1) is 18.6 Å². The summed E-state index contributed by atoms with van der Waals surface area (Å²) >= 11 is 0. The van der Waals surface area contributed by atoms with Crippen molar-refractivity contribution in [3.8, 4) is 0 Å². The van der Waals surface area contributed by atoms with Crippen LogP contribution in [0.15, 0.2) is 23.8 Å². The Morgan fingerprint density at radius 3 is 2.89 bits per heavy atom. The third-order valence-electron chi connectivity index (χ3n) is 3.50. The predicted molar refractivity (Wildman–Crippen MR) is 73.7 cm³/mol. The molecule has 0 heterocycles. The summed E-state index contributed by atoms with van der Waals surface area (Å²) in [6.07, 6.45) is 8.58. The van der Waals surface area contributed by atoms with E-state index in [1.54, 1.807) is 12.2 Å². The molecular formula is C15H24O4. The number of aliphatic hydroxyl groups is 2.